The maximum absolute atomic E-state index is 10.6. The van der Waals surface area contributed by atoms with E-state index in [9.17, 15) is 4.79 Å². The Hall–Kier alpha value is -1.45. The number of rotatable bonds is 2. The highest BCUT2D eigenvalue weighted by atomic mass is 16.5. The van der Waals surface area contributed by atoms with Gasteiger partial charge in [0.15, 0.2) is 12.0 Å². The van der Waals surface area contributed by atoms with Gasteiger partial charge in [0.2, 0.25) is 5.78 Å². The number of hydrogen-bond donors (Lipinski definition) is 0. The van der Waals surface area contributed by atoms with E-state index in [0.717, 1.165) is 6.08 Å². The zero-order valence-electron chi connectivity index (χ0n) is 4.57. The number of carbonyl (C=O) groups is 1. The average Bonchev–Trinajstić information content (AvgIpc) is 2.37. The Kier molecular flexibility index (Phi) is 1.40. The molecule has 0 N–H and O–H groups in total. The van der Waals surface area contributed by atoms with Gasteiger partial charge in [0, 0.05) is 5.27 Å². The smallest absolute Gasteiger partial charge is 0.208 e. The van der Waals surface area contributed by atoms with Crippen molar-refractivity contribution in [2.75, 3.05) is 0 Å². The van der Waals surface area contributed by atoms with Crippen LogP contribution >= 0.6 is 0 Å². The first-order valence-corrected chi connectivity index (χ1v) is 2.28. The van der Waals surface area contributed by atoms with E-state index >= 15 is 0 Å². The molecule has 0 aliphatic carbocycles. The van der Waals surface area contributed by atoms with Gasteiger partial charge in [-0.2, -0.15) is 0 Å². The number of carbonyl (C=O) groups excluding carboxylic acids is 1. The molecule has 1 rings (SSSR count). The molecule has 1 aromatic heterocycles. The third kappa shape index (κ3) is 1.02. The highest BCUT2D eigenvalue weighted by molar-refractivity contribution is 6.02. The van der Waals surface area contributed by atoms with Crippen LogP contribution in [0.25, 0.3) is 0 Å². The van der Waals surface area contributed by atoms with Crippen LogP contribution in [-0.2, 0) is 0 Å². The molecule has 0 fully saturated rings. The Morgan fingerprint density at radius 1 is 1.89 bits per heavy atom. The Morgan fingerprint density at radius 2 is 2.67 bits per heavy atom. The van der Waals surface area contributed by atoms with Crippen molar-refractivity contribution >= 4 is 5.78 Å². The summed E-state index contributed by atoms with van der Waals surface area (Å²) in [4.78, 5) is 10.6. The summed E-state index contributed by atoms with van der Waals surface area (Å²) in [6.07, 6.45) is 2.32. The van der Waals surface area contributed by atoms with Gasteiger partial charge in [-0.3, -0.25) is 4.79 Å². The van der Waals surface area contributed by atoms with Gasteiger partial charge in [0.1, 0.15) is 0 Å². The lowest BCUT2D eigenvalue weighted by Gasteiger charge is -1.77. The molecule has 0 radical (unpaired) electrons. The second kappa shape index (κ2) is 2.21. The summed E-state index contributed by atoms with van der Waals surface area (Å²) < 4.78 is 4.31. The number of hydrogen-bond acceptors (Lipinski definition) is 4. The number of aromatic nitrogens is 2. The van der Waals surface area contributed by atoms with Crippen LogP contribution in [0, 0.1) is 0 Å². The lowest BCUT2D eigenvalue weighted by atomic mass is 10.3. The molecule has 0 atom stereocenters. The Bertz CT molecular complexity index is 215. The van der Waals surface area contributed by atoms with E-state index in [-0.39, 0.29) is 11.5 Å². The van der Waals surface area contributed by atoms with Gasteiger partial charge in [-0.25, -0.2) is 0 Å². The Labute approximate surface area is 51.2 Å². The summed E-state index contributed by atoms with van der Waals surface area (Å²) in [7, 11) is 0. The molecule has 0 saturated carbocycles. The summed E-state index contributed by atoms with van der Waals surface area (Å²) in [6.45, 7) is 3.26. The van der Waals surface area contributed by atoms with Crippen molar-refractivity contribution in [3.05, 3.63) is 24.6 Å². The van der Waals surface area contributed by atoms with E-state index in [1.165, 1.54) is 6.26 Å². The molecular weight excluding hydrogens is 120 g/mol. The van der Waals surface area contributed by atoms with Crippen LogP contribution < -0.4 is 0 Å². The molecule has 1 heterocycles. The van der Waals surface area contributed by atoms with Gasteiger partial charge in [-0.05, 0) is 6.08 Å². The lowest BCUT2D eigenvalue weighted by Crippen LogP contribution is -1.92. The van der Waals surface area contributed by atoms with Crippen molar-refractivity contribution in [3.8, 4) is 0 Å². The minimum absolute atomic E-state index is 0.185. The predicted molar refractivity (Wildman–Crippen MR) is 28.8 cm³/mol. The van der Waals surface area contributed by atoms with Crippen molar-refractivity contribution in [3.63, 3.8) is 0 Å². The van der Waals surface area contributed by atoms with E-state index in [1.807, 2.05) is 0 Å². The van der Waals surface area contributed by atoms with E-state index in [2.05, 4.69) is 21.5 Å². The Morgan fingerprint density at radius 3 is 3.11 bits per heavy atom. The van der Waals surface area contributed by atoms with E-state index in [1.54, 1.807) is 0 Å². The summed E-state index contributed by atoms with van der Waals surface area (Å²) in [6, 6.07) is 0. The molecule has 0 unspecified atom stereocenters. The number of ketones is 1. The van der Waals surface area contributed by atoms with Crippen molar-refractivity contribution < 1.29 is 9.32 Å². The highest BCUT2D eigenvalue weighted by Gasteiger charge is 2.03. The quantitative estimate of drug-likeness (QED) is 0.424. The van der Waals surface area contributed by atoms with Crippen LogP contribution in [0.1, 0.15) is 10.5 Å². The van der Waals surface area contributed by atoms with Gasteiger partial charge in [0.25, 0.3) is 0 Å². The largest absolute Gasteiger partial charge is 0.345 e. The first kappa shape index (κ1) is 5.68. The topological polar surface area (TPSA) is 56.0 Å². The molecule has 0 bridgehead atoms. The molecule has 46 valence electrons. The SMILES string of the molecule is C=CC(=O)c1conn1. The summed E-state index contributed by atoms with van der Waals surface area (Å²) in [5.74, 6) is -0.281. The van der Waals surface area contributed by atoms with Gasteiger partial charge in [0.05, 0.1) is 0 Å². The molecule has 4 heteroatoms. The molecule has 4 nitrogen and oxygen atoms in total. The molecule has 9 heavy (non-hydrogen) atoms. The van der Waals surface area contributed by atoms with Crippen LogP contribution in [-0.4, -0.2) is 16.2 Å². The predicted octanol–water partition coefficient (Wildman–Crippen LogP) is 0.438. The van der Waals surface area contributed by atoms with E-state index < -0.39 is 0 Å². The fourth-order valence-corrected chi connectivity index (χ4v) is 0.377. The molecule has 0 saturated heterocycles. The fraction of sp³-hybridized carbons (Fsp3) is 0. The third-order valence-corrected chi connectivity index (χ3v) is 0.798. The average molecular weight is 124 g/mol. The zero-order valence-corrected chi connectivity index (χ0v) is 4.57. The van der Waals surface area contributed by atoms with Crippen LogP contribution in [0.15, 0.2) is 23.4 Å². The molecule has 0 aromatic carbocycles. The molecular formula is C5H4N2O2. The number of nitrogens with zero attached hydrogens (tertiary/aromatic N) is 2. The van der Waals surface area contributed by atoms with Crippen LogP contribution in [0.4, 0.5) is 0 Å². The highest BCUT2D eigenvalue weighted by Crippen LogP contribution is 1.92. The second-order valence-electron chi connectivity index (χ2n) is 1.36. The van der Waals surface area contributed by atoms with Crippen LogP contribution in [0.3, 0.4) is 0 Å². The van der Waals surface area contributed by atoms with Gasteiger partial charge < -0.3 is 4.52 Å². The van der Waals surface area contributed by atoms with E-state index in [0.29, 0.717) is 0 Å². The molecule has 1 aromatic rings. The van der Waals surface area contributed by atoms with Crippen molar-refractivity contribution in [1.29, 1.82) is 0 Å². The molecule has 0 spiro atoms. The summed E-state index contributed by atoms with van der Waals surface area (Å²) in [5.41, 5.74) is 0.185. The normalized spacial score (nSPS) is 8.89. The molecule has 0 amide bonds. The lowest BCUT2D eigenvalue weighted by molar-refractivity contribution is 0.104. The second-order valence-corrected chi connectivity index (χ2v) is 1.36. The maximum Gasteiger partial charge on any atom is 0.208 e. The summed E-state index contributed by atoms with van der Waals surface area (Å²) >= 11 is 0. The van der Waals surface area contributed by atoms with Gasteiger partial charge >= 0.3 is 0 Å². The standard InChI is InChI=1S/C5H4N2O2/c1-2-5(8)4-3-9-7-6-4/h2-3H,1H2. The zero-order chi connectivity index (χ0) is 6.69. The van der Waals surface area contributed by atoms with Crippen LogP contribution in [0.2, 0.25) is 0 Å². The molecule has 0 aliphatic heterocycles. The minimum Gasteiger partial charge on any atom is -0.345 e. The third-order valence-electron chi connectivity index (χ3n) is 0.798. The first-order chi connectivity index (χ1) is 4.34. The van der Waals surface area contributed by atoms with Crippen molar-refractivity contribution in [2.24, 2.45) is 0 Å². The van der Waals surface area contributed by atoms with Crippen molar-refractivity contribution in [1.82, 2.24) is 10.4 Å². The van der Waals surface area contributed by atoms with Gasteiger partial charge in [-0.1, -0.05) is 6.58 Å². The molecule has 0 aliphatic rings. The number of allylic oxidation sites excluding steroid dienone is 1. The van der Waals surface area contributed by atoms with Crippen LogP contribution in [0.5, 0.6) is 0 Å². The van der Waals surface area contributed by atoms with Crippen molar-refractivity contribution in [2.45, 2.75) is 0 Å². The minimum atomic E-state index is -0.281. The van der Waals surface area contributed by atoms with E-state index in [4.69, 9.17) is 0 Å². The maximum atomic E-state index is 10.6. The summed E-state index contributed by atoms with van der Waals surface area (Å²) in [5, 5.41) is 6.45. The van der Waals surface area contributed by atoms with Gasteiger partial charge in [-0.15, -0.1) is 5.10 Å². The first-order valence-electron chi connectivity index (χ1n) is 2.28. The fourth-order valence-electron chi connectivity index (χ4n) is 0.377. The Balaban J connectivity index is 2.89. The monoisotopic (exact) mass is 124 g/mol.